The minimum absolute atomic E-state index is 0.0225. The first-order chi connectivity index (χ1) is 10.2. The summed E-state index contributed by atoms with van der Waals surface area (Å²) in [5.74, 6) is 0. The molecule has 112 valence electrons. The first-order valence-corrected chi connectivity index (χ1v) is 9.05. The lowest BCUT2D eigenvalue weighted by Gasteiger charge is -2.45. The minimum atomic E-state index is -0.0225. The van der Waals surface area contributed by atoms with Gasteiger partial charge in [-0.3, -0.25) is 4.90 Å². The number of nitrogens with zero attached hydrogens (tertiary/aromatic N) is 1. The maximum Gasteiger partial charge on any atom is 0.0587 e. The molecule has 1 aliphatic rings. The maximum absolute atomic E-state index is 6.27. The molecular weight excluding hydrogens is 344 g/mol. The fraction of sp³-hybridized carbons (Fsp3) is 0.412. The highest BCUT2D eigenvalue weighted by molar-refractivity contribution is 9.10. The Bertz CT molecular complexity index is 625. The molecule has 2 aromatic rings. The van der Waals surface area contributed by atoms with Gasteiger partial charge in [0.2, 0.25) is 0 Å². The fourth-order valence-electron chi connectivity index (χ4n) is 3.48. The minimum Gasteiger partial charge on any atom is -0.328 e. The predicted octanol–water partition coefficient (Wildman–Crippen LogP) is 4.13. The molecule has 0 amide bonds. The largest absolute Gasteiger partial charge is 0.328 e. The zero-order chi connectivity index (χ0) is 14.9. The molecule has 1 aliphatic carbocycles. The summed E-state index contributed by atoms with van der Waals surface area (Å²) in [6, 6.07) is 11.0. The van der Waals surface area contributed by atoms with Crippen LogP contribution in [0.4, 0.5) is 0 Å². The molecule has 1 aromatic heterocycles. The molecule has 0 aliphatic heterocycles. The number of aryl methyl sites for hydroxylation is 1. The molecule has 4 heteroatoms. The number of benzene rings is 1. The molecule has 2 N–H and O–H groups in total. The monoisotopic (exact) mass is 364 g/mol. The topological polar surface area (TPSA) is 29.3 Å². The number of halogens is 1. The van der Waals surface area contributed by atoms with Crippen molar-refractivity contribution < 1.29 is 0 Å². The van der Waals surface area contributed by atoms with Crippen molar-refractivity contribution in [2.24, 2.45) is 5.73 Å². The van der Waals surface area contributed by atoms with Gasteiger partial charge in [0.25, 0.3) is 0 Å². The van der Waals surface area contributed by atoms with Gasteiger partial charge < -0.3 is 5.73 Å². The first-order valence-electron chi connectivity index (χ1n) is 7.38. The van der Waals surface area contributed by atoms with E-state index in [-0.39, 0.29) is 5.54 Å². The average molecular weight is 365 g/mol. The SMILES string of the molecule is CN(Cc1cc(Br)cs1)C1(CN)CCCc2ccccc21. The van der Waals surface area contributed by atoms with Crippen LogP contribution in [0.5, 0.6) is 0 Å². The third kappa shape index (κ3) is 2.82. The number of hydrogen-bond acceptors (Lipinski definition) is 3. The second kappa shape index (κ2) is 6.21. The van der Waals surface area contributed by atoms with E-state index in [2.05, 4.69) is 63.6 Å². The van der Waals surface area contributed by atoms with Crippen LogP contribution in [-0.2, 0) is 18.5 Å². The van der Waals surface area contributed by atoms with Crippen LogP contribution in [0.3, 0.4) is 0 Å². The second-order valence-electron chi connectivity index (χ2n) is 5.83. The molecule has 1 atom stereocenters. The van der Waals surface area contributed by atoms with Crippen LogP contribution in [0.25, 0.3) is 0 Å². The van der Waals surface area contributed by atoms with Gasteiger partial charge in [-0.05, 0) is 59.4 Å². The van der Waals surface area contributed by atoms with E-state index in [4.69, 9.17) is 5.73 Å². The van der Waals surface area contributed by atoms with E-state index < -0.39 is 0 Å². The summed E-state index contributed by atoms with van der Waals surface area (Å²) in [5, 5.41) is 2.15. The van der Waals surface area contributed by atoms with Crippen LogP contribution < -0.4 is 5.73 Å². The Morgan fingerprint density at radius 2 is 2.19 bits per heavy atom. The number of rotatable bonds is 4. The van der Waals surface area contributed by atoms with Gasteiger partial charge in [0.1, 0.15) is 0 Å². The fourth-order valence-corrected chi connectivity index (χ4v) is 4.99. The Labute approximate surface area is 139 Å². The first kappa shape index (κ1) is 15.2. The zero-order valence-corrected chi connectivity index (χ0v) is 14.7. The Hall–Kier alpha value is -0.680. The van der Waals surface area contributed by atoms with Crippen molar-refractivity contribution in [2.45, 2.75) is 31.3 Å². The van der Waals surface area contributed by atoms with E-state index in [9.17, 15) is 0 Å². The van der Waals surface area contributed by atoms with Crippen LogP contribution in [0.15, 0.2) is 40.2 Å². The van der Waals surface area contributed by atoms with Crippen LogP contribution >= 0.6 is 27.3 Å². The van der Waals surface area contributed by atoms with Crippen molar-refractivity contribution in [2.75, 3.05) is 13.6 Å². The second-order valence-corrected chi connectivity index (χ2v) is 7.75. The van der Waals surface area contributed by atoms with E-state index in [0.29, 0.717) is 6.54 Å². The number of thiophene rings is 1. The number of likely N-dealkylation sites (N-methyl/N-ethyl adjacent to an activating group) is 1. The summed E-state index contributed by atoms with van der Waals surface area (Å²) in [6.45, 7) is 1.62. The molecule has 0 bridgehead atoms. The molecule has 0 radical (unpaired) electrons. The van der Waals surface area contributed by atoms with Crippen LogP contribution in [0.1, 0.15) is 28.8 Å². The number of fused-ring (bicyclic) bond motifs is 1. The highest BCUT2D eigenvalue weighted by atomic mass is 79.9. The molecule has 0 saturated carbocycles. The maximum atomic E-state index is 6.27. The molecule has 2 nitrogen and oxygen atoms in total. The Kier molecular flexibility index (Phi) is 4.50. The molecular formula is C17H21BrN2S. The molecule has 1 heterocycles. The molecule has 0 fully saturated rings. The lowest BCUT2D eigenvalue weighted by atomic mass is 9.75. The van der Waals surface area contributed by atoms with Crippen molar-refractivity contribution in [3.63, 3.8) is 0 Å². The number of nitrogens with two attached hydrogens (primary N) is 1. The van der Waals surface area contributed by atoms with Gasteiger partial charge in [0.05, 0.1) is 5.54 Å². The summed E-state index contributed by atoms with van der Waals surface area (Å²) >= 11 is 5.34. The lowest BCUT2D eigenvalue weighted by molar-refractivity contribution is 0.0970. The summed E-state index contributed by atoms with van der Waals surface area (Å²) in [5.41, 5.74) is 9.14. The lowest BCUT2D eigenvalue weighted by Crippen LogP contribution is -2.50. The van der Waals surface area contributed by atoms with Crippen LogP contribution in [0.2, 0.25) is 0 Å². The van der Waals surface area contributed by atoms with E-state index in [1.165, 1.54) is 33.3 Å². The predicted molar refractivity (Wildman–Crippen MR) is 93.6 cm³/mol. The van der Waals surface area contributed by atoms with E-state index in [1.807, 2.05) is 0 Å². The van der Waals surface area contributed by atoms with Gasteiger partial charge in [-0.1, -0.05) is 24.3 Å². The van der Waals surface area contributed by atoms with E-state index in [0.717, 1.165) is 13.0 Å². The zero-order valence-electron chi connectivity index (χ0n) is 12.3. The van der Waals surface area contributed by atoms with E-state index >= 15 is 0 Å². The molecule has 1 aromatic carbocycles. The normalized spacial score (nSPS) is 21.5. The highest BCUT2D eigenvalue weighted by Gasteiger charge is 2.38. The third-order valence-corrected chi connectivity index (χ3v) is 6.32. The van der Waals surface area contributed by atoms with Crippen molar-refractivity contribution >= 4 is 27.3 Å². The Balaban J connectivity index is 1.93. The molecule has 0 spiro atoms. The summed E-state index contributed by atoms with van der Waals surface area (Å²) in [7, 11) is 2.21. The van der Waals surface area contributed by atoms with Gasteiger partial charge in [0.15, 0.2) is 0 Å². The van der Waals surface area contributed by atoms with Crippen molar-refractivity contribution in [1.82, 2.24) is 4.90 Å². The van der Waals surface area contributed by atoms with Crippen LogP contribution in [0, 0.1) is 0 Å². The smallest absolute Gasteiger partial charge is 0.0587 e. The summed E-state index contributed by atoms with van der Waals surface area (Å²) in [4.78, 5) is 3.82. The van der Waals surface area contributed by atoms with Gasteiger partial charge in [0, 0.05) is 27.8 Å². The van der Waals surface area contributed by atoms with Gasteiger partial charge in [-0.15, -0.1) is 11.3 Å². The molecule has 3 rings (SSSR count). The molecule has 0 saturated heterocycles. The van der Waals surface area contributed by atoms with Gasteiger partial charge in [-0.25, -0.2) is 0 Å². The van der Waals surface area contributed by atoms with Crippen molar-refractivity contribution in [3.05, 3.63) is 56.2 Å². The summed E-state index contributed by atoms with van der Waals surface area (Å²) < 4.78 is 1.17. The van der Waals surface area contributed by atoms with E-state index in [1.54, 1.807) is 11.3 Å². The standard InChI is InChI=1S/C17H21BrN2S/c1-20(10-15-9-14(18)11-21-15)17(12-19)8-4-6-13-5-2-3-7-16(13)17/h2-3,5,7,9,11H,4,6,8,10,12,19H2,1H3. The highest BCUT2D eigenvalue weighted by Crippen LogP contribution is 2.40. The van der Waals surface area contributed by atoms with Crippen molar-refractivity contribution in [3.8, 4) is 0 Å². The summed E-state index contributed by atoms with van der Waals surface area (Å²) in [6.07, 6.45) is 3.53. The average Bonchev–Trinajstić information content (AvgIpc) is 2.91. The van der Waals surface area contributed by atoms with Crippen LogP contribution in [-0.4, -0.2) is 18.5 Å². The Morgan fingerprint density at radius 1 is 1.38 bits per heavy atom. The molecule has 21 heavy (non-hydrogen) atoms. The van der Waals surface area contributed by atoms with Crippen molar-refractivity contribution in [1.29, 1.82) is 0 Å². The quantitative estimate of drug-likeness (QED) is 0.883. The molecule has 1 unspecified atom stereocenters. The number of hydrogen-bond donors (Lipinski definition) is 1. The Morgan fingerprint density at radius 3 is 2.90 bits per heavy atom. The van der Waals surface area contributed by atoms with Gasteiger partial charge >= 0.3 is 0 Å². The third-order valence-electron chi connectivity index (χ3n) is 4.64. The van der Waals surface area contributed by atoms with Gasteiger partial charge in [-0.2, -0.15) is 0 Å².